The van der Waals surface area contributed by atoms with E-state index in [2.05, 4.69) is 30.9 Å². The van der Waals surface area contributed by atoms with Gasteiger partial charge in [0.15, 0.2) is 10.9 Å². The van der Waals surface area contributed by atoms with Crippen LogP contribution >= 0.6 is 12.2 Å². The summed E-state index contributed by atoms with van der Waals surface area (Å²) in [6.45, 7) is 0.277. The lowest BCUT2D eigenvalue weighted by molar-refractivity contribution is -0.129. The summed E-state index contributed by atoms with van der Waals surface area (Å²) < 4.78 is 0. The molecule has 1 fully saturated rings. The van der Waals surface area contributed by atoms with Gasteiger partial charge in [-0.15, -0.1) is 5.10 Å². The quantitative estimate of drug-likeness (QED) is 0.242. The van der Waals surface area contributed by atoms with Crippen molar-refractivity contribution in [1.82, 2.24) is 35.8 Å². The Bertz CT molecular complexity index is 1360. The standard InChI is InChI=1S/C23H17N7O2S/c31-21-18(22(32)30(23(33)25-21)13-14-4-2-1-3-5-14)12-17-10-11-19(24-17)15-6-8-16(9-7-15)20-26-28-29-27-20/h1-12,24H,13H2,(H,25,31,33)(H,26,27,28,29). The molecular weight excluding hydrogens is 438 g/mol. The topological polar surface area (TPSA) is 120 Å². The number of hydrogen-bond donors (Lipinski definition) is 3. The third kappa shape index (κ3) is 4.19. The Balaban J connectivity index is 1.38. The third-order valence-electron chi connectivity index (χ3n) is 5.19. The summed E-state index contributed by atoms with van der Waals surface area (Å²) in [7, 11) is 0. The molecule has 0 spiro atoms. The van der Waals surface area contributed by atoms with Gasteiger partial charge in [0.2, 0.25) is 0 Å². The van der Waals surface area contributed by atoms with E-state index >= 15 is 0 Å². The highest BCUT2D eigenvalue weighted by Crippen LogP contribution is 2.24. The molecule has 0 saturated carbocycles. The summed E-state index contributed by atoms with van der Waals surface area (Å²) in [6, 6.07) is 20.8. The van der Waals surface area contributed by atoms with Gasteiger partial charge >= 0.3 is 0 Å². The zero-order valence-electron chi connectivity index (χ0n) is 17.1. The molecule has 0 bridgehead atoms. The Hall–Kier alpha value is -4.44. The molecule has 33 heavy (non-hydrogen) atoms. The van der Waals surface area contributed by atoms with Gasteiger partial charge in [-0.25, -0.2) is 5.10 Å². The highest BCUT2D eigenvalue weighted by Gasteiger charge is 2.33. The first-order valence-corrected chi connectivity index (χ1v) is 10.5. The van der Waals surface area contributed by atoms with Crippen molar-refractivity contribution in [1.29, 1.82) is 0 Å². The smallest absolute Gasteiger partial charge is 0.266 e. The SMILES string of the molecule is O=C1NC(=S)N(Cc2ccccc2)C(=O)C1=Cc1ccc(-c2ccc(-c3nnn[nH]3)cc2)[nH]1. The van der Waals surface area contributed by atoms with Gasteiger partial charge < -0.3 is 4.98 Å². The van der Waals surface area contributed by atoms with Gasteiger partial charge in [0.25, 0.3) is 11.8 Å². The minimum atomic E-state index is -0.518. The largest absolute Gasteiger partial charge is 0.355 e. The van der Waals surface area contributed by atoms with Crippen molar-refractivity contribution in [3.8, 4) is 22.6 Å². The molecule has 1 aliphatic heterocycles. The van der Waals surface area contributed by atoms with E-state index in [4.69, 9.17) is 12.2 Å². The second kappa shape index (κ2) is 8.60. The molecule has 0 radical (unpaired) electrons. The number of hydrogen-bond acceptors (Lipinski definition) is 6. The average Bonchev–Trinajstić information content (AvgIpc) is 3.53. The number of benzene rings is 2. The Morgan fingerprint density at radius 3 is 2.42 bits per heavy atom. The van der Waals surface area contributed by atoms with Gasteiger partial charge in [-0.3, -0.25) is 19.8 Å². The molecule has 4 aromatic rings. The minimum absolute atomic E-state index is 0.0149. The van der Waals surface area contributed by atoms with Crippen molar-refractivity contribution in [2.24, 2.45) is 0 Å². The van der Waals surface area contributed by atoms with Gasteiger partial charge in [-0.1, -0.05) is 54.6 Å². The van der Waals surface area contributed by atoms with Crippen LogP contribution in [0.1, 0.15) is 11.3 Å². The van der Waals surface area contributed by atoms with E-state index < -0.39 is 11.8 Å². The van der Waals surface area contributed by atoms with Crippen LogP contribution in [0.25, 0.3) is 28.7 Å². The van der Waals surface area contributed by atoms with E-state index in [9.17, 15) is 9.59 Å². The molecule has 1 aliphatic rings. The van der Waals surface area contributed by atoms with Crippen LogP contribution in [-0.4, -0.2) is 47.4 Å². The first kappa shape index (κ1) is 20.5. The molecule has 1 saturated heterocycles. The van der Waals surface area contributed by atoms with Crippen molar-refractivity contribution in [3.05, 3.63) is 83.6 Å². The number of rotatable bonds is 5. The van der Waals surface area contributed by atoms with Crippen molar-refractivity contribution >= 4 is 35.2 Å². The Kier molecular flexibility index (Phi) is 5.33. The number of tetrazole rings is 1. The number of aromatic amines is 2. The average molecular weight is 456 g/mol. The Labute approximate surface area is 193 Å². The monoisotopic (exact) mass is 455 g/mol. The summed E-state index contributed by atoms with van der Waals surface area (Å²) in [5.74, 6) is -0.373. The summed E-state index contributed by atoms with van der Waals surface area (Å²) in [5, 5.41) is 16.5. The molecule has 2 amide bonds. The predicted octanol–water partition coefficient (Wildman–Crippen LogP) is 2.69. The van der Waals surface area contributed by atoms with Gasteiger partial charge in [0.05, 0.1) is 6.54 Å². The summed E-state index contributed by atoms with van der Waals surface area (Å²) in [5.41, 5.74) is 4.18. The summed E-state index contributed by atoms with van der Waals surface area (Å²) >= 11 is 5.23. The van der Waals surface area contributed by atoms with Crippen molar-refractivity contribution in [2.45, 2.75) is 6.54 Å². The van der Waals surface area contributed by atoms with Crippen molar-refractivity contribution in [3.63, 3.8) is 0 Å². The van der Waals surface area contributed by atoms with Crippen LogP contribution in [0.5, 0.6) is 0 Å². The van der Waals surface area contributed by atoms with Crippen LogP contribution < -0.4 is 5.32 Å². The molecule has 3 heterocycles. The molecule has 9 nitrogen and oxygen atoms in total. The van der Waals surface area contributed by atoms with Crippen LogP contribution in [0.3, 0.4) is 0 Å². The van der Waals surface area contributed by atoms with Crippen LogP contribution in [-0.2, 0) is 16.1 Å². The van der Waals surface area contributed by atoms with E-state index in [1.165, 1.54) is 11.0 Å². The molecule has 0 atom stereocenters. The Morgan fingerprint density at radius 2 is 1.70 bits per heavy atom. The number of aromatic nitrogens is 5. The molecule has 3 N–H and O–H groups in total. The van der Waals surface area contributed by atoms with Crippen LogP contribution in [0.2, 0.25) is 0 Å². The number of carbonyl (C=O) groups is 2. The predicted molar refractivity (Wildman–Crippen MR) is 125 cm³/mol. The lowest BCUT2D eigenvalue weighted by Crippen LogP contribution is -2.53. The zero-order chi connectivity index (χ0) is 22.8. The molecule has 2 aromatic carbocycles. The molecule has 0 unspecified atom stereocenters. The normalized spacial score (nSPS) is 15.2. The number of H-pyrrole nitrogens is 2. The van der Waals surface area contributed by atoms with Crippen LogP contribution in [0.4, 0.5) is 0 Å². The molecule has 0 aliphatic carbocycles. The fourth-order valence-electron chi connectivity index (χ4n) is 3.51. The highest BCUT2D eigenvalue weighted by atomic mass is 32.1. The number of thiocarbonyl (C=S) groups is 1. The first-order valence-electron chi connectivity index (χ1n) is 10.0. The molecule has 2 aromatic heterocycles. The maximum absolute atomic E-state index is 13.1. The van der Waals surface area contributed by atoms with Crippen LogP contribution in [0.15, 0.2) is 72.3 Å². The van der Waals surface area contributed by atoms with Crippen molar-refractivity contribution in [2.75, 3.05) is 0 Å². The summed E-state index contributed by atoms with van der Waals surface area (Å²) in [6.07, 6.45) is 1.54. The zero-order valence-corrected chi connectivity index (χ0v) is 18.0. The highest BCUT2D eigenvalue weighted by molar-refractivity contribution is 7.80. The number of nitrogens with one attached hydrogen (secondary N) is 3. The number of nitrogens with zero attached hydrogens (tertiary/aromatic N) is 4. The van der Waals surface area contributed by atoms with Gasteiger partial charge in [-0.2, -0.15) is 0 Å². The molecule has 5 rings (SSSR count). The maximum atomic E-state index is 13.1. The third-order valence-corrected chi connectivity index (χ3v) is 5.51. The van der Waals surface area contributed by atoms with Crippen LogP contribution in [0, 0.1) is 0 Å². The fraction of sp³-hybridized carbons (Fsp3) is 0.0435. The first-order chi connectivity index (χ1) is 16.1. The van der Waals surface area contributed by atoms with E-state index in [0.717, 1.165) is 22.4 Å². The van der Waals surface area contributed by atoms with E-state index in [1.54, 1.807) is 0 Å². The van der Waals surface area contributed by atoms with E-state index in [-0.39, 0.29) is 17.2 Å². The van der Waals surface area contributed by atoms with Gasteiger partial charge in [0.1, 0.15) is 5.57 Å². The summed E-state index contributed by atoms with van der Waals surface area (Å²) in [4.78, 5) is 30.2. The second-order valence-electron chi connectivity index (χ2n) is 7.35. The van der Waals surface area contributed by atoms with Gasteiger partial charge in [0, 0.05) is 17.0 Å². The lowest BCUT2D eigenvalue weighted by atomic mass is 10.1. The lowest BCUT2D eigenvalue weighted by Gasteiger charge is -2.28. The Morgan fingerprint density at radius 1 is 0.939 bits per heavy atom. The fourth-order valence-corrected chi connectivity index (χ4v) is 3.75. The van der Waals surface area contributed by atoms with Crippen molar-refractivity contribution < 1.29 is 9.59 Å². The molecule has 10 heteroatoms. The number of carbonyl (C=O) groups excluding carboxylic acids is 2. The minimum Gasteiger partial charge on any atom is -0.355 e. The van der Waals surface area contributed by atoms with Gasteiger partial charge in [-0.05, 0) is 52.0 Å². The number of amides is 2. The second-order valence-corrected chi connectivity index (χ2v) is 7.74. The molecular formula is C23H17N7O2S. The maximum Gasteiger partial charge on any atom is 0.266 e. The van der Waals surface area contributed by atoms with E-state index in [0.29, 0.717) is 11.5 Å². The molecule has 162 valence electrons. The van der Waals surface area contributed by atoms with E-state index in [1.807, 2.05) is 66.7 Å².